The van der Waals surface area contributed by atoms with E-state index in [9.17, 15) is 13.6 Å². The van der Waals surface area contributed by atoms with Gasteiger partial charge in [-0.2, -0.15) is 0 Å². The molecule has 1 fully saturated rings. The number of aromatic nitrogens is 1. The second-order valence-corrected chi connectivity index (χ2v) is 6.28. The first-order valence-electron chi connectivity index (χ1n) is 8.15. The molecule has 1 aliphatic carbocycles. The monoisotopic (exact) mass is 362 g/mol. The number of pyridine rings is 1. The second-order valence-electron chi connectivity index (χ2n) is 6.28. The Balaban J connectivity index is 1.89. The Hall–Kier alpha value is -2.97. The molecule has 7 nitrogen and oxygen atoms in total. The predicted octanol–water partition coefficient (Wildman–Crippen LogP) is 2.17. The third-order valence-corrected chi connectivity index (χ3v) is 4.32. The van der Waals surface area contributed by atoms with Crippen molar-refractivity contribution in [1.82, 2.24) is 15.2 Å². The molecule has 9 heteroatoms. The zero-order valence-electron chi connectivity index (χ0n) is 14.4. The highest BCUT2D eigenvalue weighted by atomic mass is 19.3. The number of halogens is 2. The Labute approximate surface area is 149 Å². The van der Waals surface area contributed by atoms with Crippen molar-refractivity contribution in [2.24, 2.45) is 4.99 Å². The Morgan fingerprint density at radius 3 is 2.85 bits per heavy atom. The van der Waals surface area contributed by atoms with Crippen LogP contribution in [-0.4, -0.2) is 29.6 Å². The largest absolute Gasteiger partial charge is 0.375 e. The highest BCUT2D eigenvalue weighted by molar-refractivity contribution is 6.05. The lowest BCUT2D eigenvalue weighted by atomic mass is 9.88. The molecule has 0 saturated heterocycles. The first-order chi connectivity index (χ1) is 12.3. The van der Waals surface area contributed by atoms with Gasteiger partial charge in [-0.15, -0.1) is 0 Å². The van der Waals surface area contributed by atoms with Crippen molar-refractivity contribution in [2.75, 3.05) is 12.4 Å². The number of aliphatic imine (C=N–C) groups is 1. The normalized spacial score (nSPS) is 20.9. The molecule has 1 saturated carbocycles. The molecule has 1 aromatic heterocycles. The van der Waals surface area contributed by atoms with E-state index in [0.29, 0.717) is 23.1 Å². The predicted molar refractivity (Wildman–Crippen MR) is 96.7 cm³/mol. The van der Waals surface area contributed by atoms with Gasteiger partial charge < -0.3 is 25.9 Å². The number of nitrogens with one attached hydrogen (secondary N) is 4. The molecule has 26 heavy (non-hydrogen) atoms. The van der Waals surface area contributed by atoms with Crippen LogP contribution in [0, 0.1) is 5.41 Å². The molecule has 0 unspecified atom stereocenters. The average Bonchev–Trinajstić information content (AvgIpc) is 2.60. The van der Waals surface area contributed by atoms with Crippen LogP contribution in [0.4, 0.5) is 14.5 Å². The quantitative estimate of drug-likeness (QED) is 0.618. The summed E-state index contributed by atoms with van der Waals surface area (Å²) in [5, 5.41) is 16.3. The summed E-state index contributed by atoms with van der Waals surface area (Å²) in [6.45, 7) is 1.74. The van der Waals surface area contributed by atoms with Crippen LogP contribution in [0.3, 0.4) is 0 Å². The van der Waals surface area contributed by atoms with Crippen LogP contribution in [0.15, 0.2) is 51.4 Å². The van der Waals surface area contributed by atoms with E-state index in [-0.39, 0.29) is 24.1 Å². The number of allylic oxidation sites excluding steroid dienone is 1. The molecule has 1 aromatic rings. The molecule has 2 heterocycles. The van der Waals surface area contributed by atoms with Gasteiger partial charge in [-0.1, -0.05) is 0 Å². The van der Waals surface area contributed by atoms with E-state index < -0.39 is 12.0 Å². The van der Waals surface area contributed by atoms with E-state index in [1.54, 1.807) is 32.2 Å². The first kappa shape index (κ1) is 17.8. The maximum absolute atomic E-state index is 13.1. The number of anilines is 1. The van der Waals surface area contributed by atoms with Gasteiger partial charge in [-0.05, 0) is 19.1 Å². The second kappa shape index (κ2) is 6.74. The summed E-state index contributed by atoms with van der Waals surface area (Å²) in [7, 11) is 1.73. The third-order valence-electron chi connectivity index (χ3n) is 4.32. The molecule has 3 rings (SSSR count). The summed E-state index contributed by atoms with van der Waals surface area (Å²) in [5.74, 6) is -1.17. The number of nitrogens with zero attached hydrogens (tertiary/aromatic N) is 2. The van der Waals surface area contributed by atoms with Gasteiger partial charge in [0.05, 0.1) is 0 Å². The molecule has 4 N–H and O–H groups in total. The smallest absolute Gasteiger partial charge is 0.274 e. The zero-order chi connectivity index (χ0) is 18.9. The fourth-order valence-electron chi connectivity index (χ4n) is 2.79. The van der Waals surface area contributed by atoms with E-state index in [1.807, 2.05) is 0 Å². The van der Waals surface area contributed by atoms with Crippen LogP contribution in [0.5, 0.6) is 0 Å². The molecular weight excluding hydrogens is 342 g/mol. The minimum absolute atomic E-state index is 0.252. The van der Waals surface area contributed by atoms with Crippen molar-refractivity contribution in [3.63, 3.8) is 0 Å². The Bertz CT molecular complexity index is 875. The Kier molecular flexibility index (Phi) is 4.62. The number of hydrogen-bond donors (Lipinski definition) is 4. The van der Waals surface area contributed by atoms with Crippen LogP contribution >= 0.6 is 0 Å². The van der Waals surface area contributed by atoms with Gasteiger partial charge in [0.15, 0.2) is 0 Å². The van der Waals surface area contributed by atoms with Crippen molar-refractivity contribution < 1.29 is 8.78 Å². The maximum Gasteiger partial charge on any atom is 0.274 e. The summed E-state index contributed by atoms with van der Waals surface area (Å²) in [4.78, 5) is 17.0. The lowest BCUT2D eigenvalue weighted by molar-refractivity contribution is -0.104. The van der Waals surface area contributed by atoms with E-state index in [0.717, 1.165) is 0 Å². The van der Waals surface area contributed by atoms with Gasteiger partial charge in [0.1, 0.15) is 23.2 Å². The SMILES string of the molecule is CNC1=CC(Nc2cccn(C3CC(F)(F)C3)c2=O)=N/C(=C(\C)C=N)N1. The molecule has 1 aliphatic heterocycles. The number of alkyl halides is 2. The fourth-order valence-corrected chi connectivity index (χ4v) is 2.79. The first-order valence-corrected chi connectivity index (χ1v) is 8.15. The molecule has 0 radical (unpaired) electrons. The number of amidine groups is 1. The topological polar surface area (TPSA) is 94.3 Å². The summed E-state index contributed by atoms with van der Waals surface area (Å²) in [6, 6.07) is 2.73. The van der Waals surface area contributed by atoms with Gasteiger partial charge in [0.25, 0.3) is 11.5 Å². The van der Waals surface area contributed by atoms with Crippen LogP contribution < -0.4 is 21.5 Å². The molecule has 138 valence electrons. The molecule has 0 atom stereocenters. The zero-order valence-corrected chi connectivity index (χ0v) is 14.4. The highest BCUT2D eigenvalue weighted by Gasteiger charge is 2.46. The average molecular weight is 362 g/mol. The van der Waals surface area contributed by atoms with Crippen molar-refractivity contribution in [2.45, 2.75) is 31.7 Å². The highest BCUT2D eigenvalue weighted by Crippen LogP contribution is 2.44. The van der Waals surface area contributed by atoms with Gasteiger partial charge in [0.2, 0.25) is 0 Å². The van der Waals surface area contributed by atoms with Crippen LogP contribution in [0.25, 0.3) is 0 Å². The molecule has 0 bridgehead atoms. The Morgan fingerprint density at radius 1 is 1.50 bits per heavy atom. The maximum atomic E-state index is 13.1. The van der Waals surface area contributed by atoms with Gasteiger partial charge in [0, 0.05) is 50.0 Å². The number of hydrogen-bond acceptors (Lipinski definition) is 6. The van der Waals surface area contributed by atoms with Crippen molar-refractivity contribution >= 4 is 17.7 Å². The molecular formula is C17H20F2N6O. The van der Waals surface area contributed by atoms with Crippen LogP contribution in [0.1, 0.15) is 25.8 Å². The van der Waals surface area contributed by atoms with Crippen molar-refractivity contribution in [3.05, 3.63) is 52.0 Å². The van der Waals surface area contributed by atoms with E-state index >= 15 is 0 Å². The van der Waals surface area contributed by atoms with Crippen molar-refractivity contribution in [1.29, 1.82) is 5.41 Å². The third kappa shape index (κ3) is 3.51. The lowest BCUT2D eigenvalue weighted by Crippen LogP contribution is -2.41. The summed E-state index contributed by atoms with van der Waals surface area (Å²) >= 11 is 0. The van der Waals surface area contributed by atoms with Gasteiger partial charge in [-0.3, -0.25) is 4.79 Å². The minimum Gasteiger partial charge on any atom is -0.375 e. The van der Waals surface area contributed by atoms with Crippen LogP contribution in [-0.2, 0) is 0 Å². The molecule has 0 aromatic carbocycles. The van der Waals surface area contributed by atoms with Gasteiger partial charge in [-0.25, -0.2) is 13.8 Å². The summed E-state index contributed by atoms with van der Waals surface area (Å²) < 4.78 is 27.6. The number of rotatable bonds is 4. The van der Waals surface area contributed by atoms with E-state index in [1.165, 1.54) is 17.0 Å². The molecule has 0 spiro atoms. The van der Waals surface area contributed by atoms with E-state index in [4.69, 9.17) is 5.41 Å². The lowest BCUT2D eigenvalue weighted by Gasteiger charge is -2.36. The fraction of sp³-hybridized carbons (Fsp3) is 0.353. The summed E-state index contributed by atoms with van der Waals surface area (Å²) in [5.41, 5.74) is 0.497. The summed E-state index contributed by atoms with van der Waals surface area (Å²) in [6.07, 6.45) is 3.73. The minimum atomic E-state index is -2.69. The van der Waals surface area contributed by atoms with Gasteiger partial charge >= 0.3 is 0 Å². The van der Waals surface area contributed by atoms with Crippen molar-refractivity contribution in [3.8, 4) is 0 Å². The van der Waals surface area contributed by atoms with E-state index in [2.05, 4.69) is 20.9 Å². The standard InChI is InChI=1S/C17H20F2N6O/c1-10(9-20)15-23-13(21-2)6-14(24-15)22-12-4-3-5-25(16(12)26)11-7-17(18,19)8-11/h3-6,9,11,20-21,23H,7-8H2,1-2H3,(H,22,24)/b15-10+,20-9?. The molecule has 0 amide bonds. The molecule has 2 aliphatic rings. The Morgan fingerprint density at radius 2 is 2.23 bits per heavy atom. The van der Waals surface area contributed by atoms with Crippen LogP contribution in [0.2, 0.25) is 0 Å².